The molecule has 0 aliphatic carbocycles. The number of anilines is 1. The number of carbonyl (C=O) groups is 2. The largest absolute Gasteiger partial charge is 0.482 e. The van der Waals surface area contributed by atoms with E-state index in [2.05, 4.69) is 5.32 Å². The van der Waals surface area contributed by atoms with Gasteiger partial charge in [0.2, 0.25) is 0 Å². The number of hydrogen-bond donors (Lipinski definition) is 1. The molecule has 0 saturated carbocycles. The Morgan fingerprint density at radius 1 is 1.12 bits per heavy atom. The van der Waals surface area contributed by atoms with E-state index in [1.165, 1.54) is 6.92 Å². The molecule has 1 N–H and O–H groups in total. The Hall–Kier alpha value is -2.53. The maximum atomic E-state index is 12.2. The standard InChI is InChI=1S/C19H20ClNO4/c1-12-4-9-17(13(2)10-12)21-19(23)14(3)25-18(22)11-24-16-7-5-15(20)6-8-16/h4-10,14H,11H2,1-3H3,(H,21,23)/t14-/m1/s1. The zero-order chi connectivity index (χ0) is 18.4. The highest BCUT2D eigenvalue weighted by atomic mass is 35.5. The molecule has 0 bridgehead atoms. The molecule has 2 rings (SSSR count). The Kier molecular flexibility index (Phi) is 6.42. The molecule has 2 aromatic rings. The molecule has 132 valence electrons. The van der Waals surface area contributed by atoms with Gasteiger partial charge in [0.25, 0.3) is 5.91 Å². The van der Waals surface area contributed by atoms with E-state index in [1.807, 2.05) is 32.0 Å². The molecule has 1 atom stereocenters. The van der Waals surface area contributed by atoms with Crippen LogP contribution in [-0.2, 0) is 14.3 Å². The molecule has 5 nitrogen and oxygen atoms in total. The average Bonchev–Trinajstić information content (AvgIpc) is 2.56. The molecule has 0 radical (unpaired) electrons. The molecule has 0 saturated heterocycles. The number of carbonyl (C=O) groups excluding carboxylic acids is 2. The van der Waals surface area contributed by atoms with Crippen molar-refractivity contribution < 1.29 is 19.1 Å². The van der Waals surface area contributed by atoms with Crippen molar-refractivity contribution in [1.29, 1.82) is 0 Å². The van der Waals surface area contributed by atoms with E-state index in [0.29, 0.717) is 16.5 Å². The predicted molar refractivity (Wildman–Crippen MR) is 97.0 cm³/mol. The lowest BCUT2D eigenvalue weighted by molar-refractivity contribution is -0.155. The third kappa shape index (κ3) is 5.80. The Labute approximate surface area is 151 Å². The number of aryl methyl sites for hydroxylation is 2. The molecule has 0 spiro atoms. The van der Waals surface area contributed by atoms with Crippen LogP contribution < -0.4 is 10.1 Å². The minimum absolute atomic E-state index is 0.289. The van der Waals surface area contributed by atoms with E-state index in [-0.39, 0.29) is 6.61 Å². The van der Waals surface area contributed by atoms with Gasteiger partial charge in [-0.15, -0.1) is 0 Å². The van der Waals surface area contributed by atoms with E-state index in [0.717, 1.165) is 11.1 Å². The van der Waals surface area contributed by atoms with Crippen molar-refractivity contribution in [3.63, 3.8) is 0 Å². The van der Waals surface area contributed by atoms with E-state index >= 15 is 0 Å². The summed E-state index contributed by atoms with van der Waals surface area (Å²) in [4.78, 5) is 24.0. The van der Waals surface area contributed by atoms with Crippen LogP contribution in [0.4, 0.5) is 5.69 Å². The summed E-state index contributed by atoms with van der Waals surface area (Å²) >= 11 is 5.77. The van der Waals surface area contributed by atoms with E-state index in [9.17, 15) is 9.59 Å². The predicted octanol–water partition coefficient (Wildman–Crippen LogP) is 3.91. The van der Waals surface area contributed by atoms with Gasteiger partial charge < -0.3 is 14.8 Å². The lowest BCUT2D eigenvalue weighted by atomic mass is 10.1. The van der Waals surface area contributed by atoms with Crippen LogP contribution in [0.15, 0.2) is 42.5 Å². The van der Waals surface area contributed by atoms with Gasteiger partial charge in [-0.25, -0.2) is 4.79 Å². The van der Waals surface area contributed by atoms with Crippen molar-refractivity contribution in [3.8, 4) is 5.75 Å². The van der Waals surface area contributed by atoms with Crippen LogP contribution in [-0.4, -0.2) is 24.6 Å². The highest BCUT2D eigenvalue weighted by Gasteiger charge is 2.19. The second kappa shape index (κ2) is 8.53. The fourth-order valence-corrected chi connectivity index (χ4v) is 2.27. The monoisotopic (exact) mass is 361 g/mol. The van der Waals surface area contributed by atoms with Gasteiger partial charge in [0.05, 0.1) is 0 Å². The summed E-state index contributed by atoms with van der Waals surface area (Å²) in [6.45, 7) is 5.10. The van der Waals surface area contributed by atoms with Crippen molar-refractivity contribution in [3.05, 3.63) is 58.6 Å². The van der Waals surface area contributed by atoms with Crippen LogP contribution in [0.3, 0.4) is 0 Å². The third-order valence-electron chi connectivity index (χ3n) is 3.49. The molecule has 6 heteroatoms. The molecular formula is C19H20ClNO4. The molecule has 0 fully saturated rings. The van der Waals surface area contributed by atoms with Gasteiger partial charge in [0.15, 0.2) is 12.7 Å². The van der Waals surface area contributed by atoms with Gasteiger partial charge in [-0.05, 0) is 56.7 Å². The number of amides is 1. The second-order valence-electron chi connectivity index (χ2n) is 5.68. The molecular weight excluding hydrogens is 342 g/mol. The highest BCUT2D eigenvalue weighted by molar-refractivity contribution is 6.30. The van der Waals surface area contributed by atoms with Crippen LogP contribution >= 0.6 is 11.6 Å². The fraction of sp³-hybridized carbons (Fsp3) is 0.263. The van der Waals surface area contributed by atoms with E-state index in [1.54, 1.807) is 24.3 Å². The van der Waals surface area contributed by atoms with Crippen molar-refractivity contribution in [2.75, 3.05) is 11.9 Å². The number of esters is 1. The number of benzene rings is 2. The van der Waals surface area contributed by atoms with Gasteiger partial charge in [0.1, 0.15) is 5.75 Å². The molecule has 0 aromatic heterocycles. The molecule has 0 heterocycles. The number of ether oxygens (including phenoxy) is 2. The van der Waals surface area contributed by atoms with Gasteiger partial charge in [-0.3, -0.25) is 4.79 Å². The number of nitrogens with one attached hydrogen (secondary N) is 1. The maximum absolute atomic E-state index is 12.2. The van der Waals surface area contributed by atoms with Gasteiger partial charge >= 0.3 is 5.97 Å². The van der Waals surface area contributed by atoms with E-state index in [4.69, 9.17) is 21.1 Å². The van der Waals surface area contributed by atoms with Crippen LogP contribution in [0.25, 0.3) is 0 Å². The lowest BCUT2D eigenvalue weighted by Crippen LogP contribution is -2.31. The zero-order valence-corrected chi connectivity index (χ0v) is 15.1. The number of halogens is 1. The van der Waals surface area contributed by atoms with Crippen molar-refractivity contribution in [2.45, 2.75) is 26.9 Å². The normalized spacial score (nSPS) is 11.5. The number of rotatable bonds is 6. The SMILES string of the molecule is Cc1ccc(NC(=O)[C@@H](C)OC(=O)COc2ccc(Cl)cc2)c(C)c1. The summed E-state index contributed by atoms with van der Waals surface area (Å²) in [7, 11) is 0. The van der Waals surface area contributed by atoms with Crippen molar-refractivity contribution in [1.82, 2.24) is 0 Å². The van der Waals surface area contributed by atoms with Gasteiger partial charge in [-0.2, -0.15) is 0 Å². The minimum atomic E-state index is -0.929. The Morgan fingerprint density at radius 3 is 2.44 bits per heavy atom. The van der Waals surface area contributed by atoms with Crippen LogP contribution in [0.2, 0.25) is 5.02 Å². The van der Waals surface area contributed by atoms with Crippen molar-refractivity contribution in [2.24, 2.45) is 0 Å². The molecule has 2 aromatic carbocycles. The van der Waals surface area contributed by atoms with Gasteiger partial charge in [0, 0.05) is 10.7 Å². The summed E-state index contributed by atoms with van der Waals surface area (Å²) in [5, 5.41) is 3.33. The quantitative estimate of drug-likeness (QED) is 0.792. The van der Waals surface area contributed by atoms with Gasteiger partial charge in [-0.1, -0.05) is 29.3 Å². The topological polar surface area (TPSA) is 64.6 Å². The fourth-order valence-electron chi connectivity index (χ4n) is 2.15. The Bertz CT molecular complexity index is 759. The molecule has 0 aliphatic rings. The first kappa shape index (κ1) is 18.8. The average molecular weight is 362 g/mol. The third-order valence-corrected chi connectivity index (χ3v) is 3.74. The molecule has 0 aliphatic heterocycles. The van der Waals surface area contributed by atoms with E-state index < -0.39 is 18.0 Å². The summed E-state index contributed by atoms with van der Waals surface area (Å²) < 4.78 is 10.4. The Balaban J connectivity index is 1.83. The molecule has 1 amide bonds. The minimum Gasteiger partial charge on any atom is -0.482 e. The summed E-state index contributed by atoms with van der Waals surface area (Å²) in [5.74, 6) is -0.529. The zero-order valence-electron chi connectivity index (χ0n) is 14.3. The number of hydrogen-bond acceptors (Lipinski definition) is 4. The smallest absolute Gasteiger partial charge is 0.344 e. The van der Waals surface area contributed by atoms with Crippen LogP contribution in [0.1, 0.15) is 18.1 Å². The summed E-state index contributed by atoms with van der Waals surface area (Å²) in [6.07, 6.45) is -0.929. The first-order valence-electron chi connectivity index (χ1n) is 7.81. The first-order chi connectivity index (χ1) is 11.8. The Morgan fingerprint density at radius 2 is 1.80 bits per heavy atom. The molecule has 0 unspecified atom stereocenters. The maximum Gasteiger partial charge on any atom is 0.344 e. The second-order valence-corrected chi connectivity index (χ2v) is 6.12. The highest BCUT2D eigenvalue weighted by Crippen LogP contribution is 2.17. The summed E-state index contributed by atoms with van der Waals surface area (Å²) in [6, 6.07) is 12.3. The first-order valence-corrected chi connectivity index (χ1v) is 8.19. The molecule has 25 heavy (non-hydrogen) atoms. The lowest BCUT2D eigenvalue weighted by Gasteiger charge is -2.15. The van der Waals surface area contributed by atoms with Crippen LogP contribution in [0, 0.1) is 13.8 Å². The summed E-state index contributed by atoms with van der Waals surface area (Å²) in [5.41, 5.74) is 2.74. The van der Waals surface area contributed by atoms with Crippen molar-refractivity contribution >= 4 is 29.2 Å². The van der Waals surface area contributed by atoms with Crippen LogP contribution in [0.5, 0.6) is 5.75 Å².